The molecule has 96 heavy (non-hydrogen) atoms. The van der Waals surface area contributed by atoms with Gasteiger partial charge in [0.1, 0.15) is 23.6 Å². The summed E-state index contributed by atoms with van der Waals surface area (Å²) < 4.78 is 94.1. The second-order valence-corrected chi connectivity index (χ2v) is 22.8. The highest BCUT2D eigenvalue weighted by molar-refractivity contribution is 7.90. The summed E-state index contributed by atoms with van der Waals surface area (Å²) in [6.45, 7) is 1.93. The molecule has 486 valence electrons. The fraction of sp³-hybridized carbons (Fsp3) is 0.130. The van der Waals surface area contributed by atoms with E-state index in [9.17, 15) is 50.4 Å². The molecule has 4 N–H and O–H groups in total. The Kier molecular flexibility index (Phi) is 21.8. The zero-order chi connectivity index (χ0) is 67.6. The first-order valence-corrected chi connectivity index (χ1v) is 31.0. The van der Waals surface area contributed by atoms with Crippen LogP contribution < -0.4 is 20.7 Å². The Balaban J connectivity index is 0.000000157. The summed E-state index contributed by atoms with van der Waals surface area (Å²) in [4.78, 5) is 85.9. The van der Waals surface area contributed by atoms with Crippen LogP contribution in [0.4, 0.5) is 27.6 Å². The minimum atomic E-state index is -4.16. The number of benzene rings is 8. The van der Waals surface area contributed by atoms with Crippen LogP contribution in [0.2, 0.25) is 0 Å². The number of alkyl carbamates (subject to hydrolysis) is 2. The molecule has 0 aliphatic heterocycles. The van der Waals surface area contributed by atoms with E-state index in [-0.39, 0.29) is 86.1 Å². The first kappa shape index (κ1) is 66.7. The van der Waals surface area contributed by atoms with E-state index in [1.807, 2.05) is 35.6 Å². The van der Waals surface area contributed by atoms with Crippen LogP contribution in [0, 0.1) is 24.4 Å². The van der Waals surface area contributed by atoms with Crippen molar-refractivity contribution in [2.24, 2.45) is 0 Å². The number of sulfonamides is 1. The van der Waals surface area contributed by atoms with E-state index >= 15 is 0 Å². The number of ether oxygens (including phenoxy) is 2. The van der Waals surface area contributed by atoms with Crippen LogP contribution >= 0.6 is 0 Å². The highest BCUT2D eigenvalue weighted by atomic mass is 32.2. The molecular formula is C69H55F3N10O13S. The van der Waals surface area contributed by atoms with Gasteiger partial charge in [-0.1, -0.05) is 143 Å². The SMILES string of the molecule is Cc1ccc(S(=O)(=O)NC(=O)NC(=O)c2cccc(-c3noc(-c4ccccc4F)n3)c2)cc1.O=C(NC(=O)c1cccc(-c2noc(-c3ccccc3F)n2)c1)OC1CCCCC1.O=C(NC(=O)c1cccc(-c2noc(-c3ccccc3F)n2)c1)OCCc1ccccc1. The molecule has 3 aromatic heterocycles. The highest BCUT2D eigenvalue weighted by Gasteiger charge is 2.24. The third-order valence-corrected chi connectivity index (χ3v) is 15.6. The van der Waals surface area contributed by atoms with Crippen LogP contribution in [0.3, 0.4) is 0 Å². The number of nitrogens with one attached hydrogen (secondary N) is 4. The molecule has 3 heterocycles. The van der Waals surface area contributed by atoms with Crippen LogP contribution in [-0.2, 0) is 25.9 Å². The summed E-state index contributed by atoms with van der Waals surface area (Å²) >= 11 is 0. The maximum Gasteiger partial charge on any atom is 0.414 e. The normalized spacial score (nSPS) is 11.9. The fourth-order valence-corrected chi connectivity index (χ4v) is 10.3. The van der Waals surface area contributed by atoms with Crippen LogP contribution in [-0.4, -0.2) is 87.5 Å². The van der Waals surface area contributed by atoms with E-state index in [0.717, 1.165) is 43.2 Å². The van der Waals surface area contributed by atoms with Gasteiger partial charge >= 0.3 is 18.2 Å². The number of aromatic nitrogens is 6. The van der Waals surface area contributed by atoms with Crippen molar-refractivity contribution in [1.82, 2.24) is 51.1 Å². The van der Waals surface area contributed by atoms with Gasteiger partial charge in [-0.25, -0.2) is 40.7 Å². The van der Waals surface area contributed by atoms with Crippen LogP contribution in [0.25, 0.3) is 68.5 Å². The average molecular weight is 1320 g/mol. The number of hydrogen-bond donors (Lipinski definition) is 4. The van der Waals surface area contributed by atoms with Gasteiger partial charge in [0.2, 0.25) is 17.5 Å². The van der Waals surface area contributed by atoms with Gasteiger partial charge in [-0.3, -0.25) is 30.3 Å². The van der Waals surface area contributed by atoms with E-state index in [1.165, 1.54) is 91.0 Å². The Morgan fingerprint density at radius 3 is 1.32 bits per heavy atom. The minimum Gasteiger partial charge on any atom is -0.449 e. The maximum atomic E-state index is 14.0. The molecule has 11 aromatic rings. The van der Waals surface area contributed by atoms with Crippen molar-refractivity contribution in [3.63, 3.8) is 0 Å². The number of carbonyl (C=O) groups excluding carboxylic acids is 6. The van der Waals surface area contributed by atoms with E-state index in [1.54, 1.807) is 90.5 Å². The standard InChI is InChI=1S/C24H18FN3O4.C23H17FN4O5S.C22H20FN3O4/c25-20-12-5-4-11-19(20)23-26-21(28-32-23)17-9-6-10-18(15-17)22(29)27-24(30)31-14-13-16-7-2-1-3-8-16;1-14-9-11-17(12-10-14)34(31,32)28-23(30)26-21(29)16-6-4-5-15(13-16)20-25-22(33-27-20)18-7-2-3-8-19(18)24;23-18-12-5-4-11-17(18)21-24-19(26-30-21)14-7-6-8-15(13-14)20(27)25-22(28)29-16-9-2-1-3-10-16/h1-12,15H,13-14H2,(H,27,29,30);2-13H,1H3,(H2,26,28,29,30);4-8,11-13,16H,1-3,9-10H2,(H,25,27,28). The van der Waals surface area contributed by atoms with Gasteiger partial charge in [-0.05, 0) is 123 Å². The third kappa shape index (κ3) is 17.9. The first-order chi connectivity index (χ1) is 46.4. The van der Waals surface area contributed by atoms with Crippen LogP contribution in [0.5, 0.6) is 0 Å². The molecule has 1 aliphatic rings. The summed E-state index contributed by atoms with van der Waals surface area (Å²) in [7, 11) is -4.16. The molecule has 0 radical (unpaired) electrons. The van der Waals surface area contributed by atoms with Crippen molar-refractivity contribution in [3.05, 3.63) is 245 Å². The number of carbonyl (C=O) groups is 6. The number of hydrogen-bond acceptors (Lipinski definition) is 19. The van der Waals surface area contributed by atoms with Crippen molar-refractivity contribution in [1.29, 1.82) is 0 Å². The van der Waals surface area contributed by atoms with Crippen molar-refractivity contribution in [3.8, 4) is 68.5 Å². The molecule has 1 fully saturated rings. The molecule has 27 heteroatoms. The first-order valence-electron chi connectivity index (χ1n) is 29.5. The zero-order valence-corrected chi connectivity index (χ0v) is 51.4. The predicted molar refractivity (Wildman–Crippen MR) is 340 cm³/mol. The van der Waals surface area contributed by atoms with Crippen LogP contribution in [0.15, 0.2) is 219 Å². The van der Waals surface area contributed by atoms with E-state index in [2.05, 4.69) is 41.1 Å². The van der Waals surface area contributed by atoms with Gasteiger partial charge in [0, 0.05) is 39.8 Å². The van der Waals surface area contributed by atoms with Crippen molar-refractivity contribution < 1.29 is 73.4 Å². The predicted octanol–water partition coefficient (Wildman–Crippen LogP) is 13.1. The number of aryl methyl sites for hydroxylation is 1. The molecule has 0 spiro atoms. The lowest BCUT2D eigenvalue weighted by atomic mass is 9.98. The third-order valence-electron chi connectivity index (χ3n) is 14.2. The minimum absolute atomic E-state index is 0.0231. The lowest BCUT2D eigenvalue weighted by Crippen LogP contribution is -2.42. The number of amides is 7. The number of imide groups is 3. The smallest absolute Gasteiger partial charge is 0.414 e. The number of rotatable bonds is 15. The van der Waals surface area contributed by atoms with Crippen LogP contribution in [0.1, 0.15) is 74.3 Å². The quantitative estimate of drug-likeness (QED) is 0.0741. The molecule has 0 unspecified atom stereocenters. The highest BCUT2D eigenvalue weighted by Crippen LogP contribution is 2.29. The number of urea groups is 1. The van der Waals surface area contributed by atoms with Gasteiger partial charge in [-0.2, -0.15) is 15.0 Å². The summed E-state index contributed by atoms with van der Waals surface area (Å²) in [6.07, 6.45) is 3.63. The topological polar surface area (TPSA) is 320 Å². The molecule has 1 saturated carbocycles. The molecule has 1 aliphatic carbocycles. The fourth-order valence-electron chi connectivity index (χ4n) is 9.39. The van der Waals surface area contributed by atoms with E-state index < -0.39 is 63.4 Å². The van der Waals surface area contributed by atoms with Crippen molar-refractivity contribution in [2.45, 2.75) is 56.4 Å². The van der Waals surface area contributed by atoms with Gasteiger partial charge in [0.05, 0.1) is 28.2 Å². The molecule has 12 rings (SSSR count). The van der Waals surface area contributed by atoms with E-state index in [4.69, 9.17) is 23.0 Å². The molecule has 0 atom stereocenters. The molecule has 0 bridgehead atoms. The van der Waals surface area contributed by atoms with Gasteiger partial charge in [-0.15, -0.1) is 0 Å². The molecular weight excluding hydrogens is 1270 g/mol. The second kappa shape index (κ2) is 31.4. The summed E-state index contributed by atoms with van der Waals surface area (Å²) in [5.74, 6) is -3.06. The lowest BCUT2D eigenvalue weighted by molar-refractivity contribution is 0.0693. The Bertz CT molecular complexity index is 4720. The van der Waals surface area contributed by atoms with Gasteiger partial charge in [0.15, 0.2) is 0 Å². The second-order valence-electron chi connectivity index (χ2n) is 21.1. The zero-order valence-electron chi connectivity index (χ0n) is 50.6. The number of halogens is 3. The molecule has 0 saturated heterocycles. The lowest BCUT2D eigenvalue weighted by Gasteiger charge is -2.21. The molecule has 23 nitrogen and oxygen atoms in total. The number of nitrogens with zero attached hydrogens (tertiary/aromatic N) is 6. The summed E-state index contributed by atoms with van der Waals surface area (Å²) in [5, 5.41) is 17.9. The Morgan fingerprint density at radius 1 is 0.479 bits per heavy atom. The Morgan fingerprint density at radius 2 is 0.885 bits per heavy atom. The largest absolute Gasteiger partial charge is 0.449 e. The van der Waals surface area contributed by atoms with Gasteiger partial charge < -0.3 is 23.0 Å². The average Bonchev–Trinajstić information content (AvgIpc) is 1.72. The van der Waals surface area contributed by atoms with E-state index in [0.29, 0.717) is 23.1 Å². The summed E-state index contributed by atoms with van der Waals surface area (Å²) in [6, 6.07) is 50.8. The Hall–Kier alpha value is -12.3. The maximum absolute atomic E-state index is 14.0. The molecule has 7 amide bonds. The summed E-state index contributed by atoms with van der Waals surface area (Å²) in [5.41, 5.74) is 4.19. The van der Waals surface area contributed by atoms with Crippen molar-refractivity contribution >= 4 is 46.0 Å². The van der Waals surface area contributed by atoms with Gasteiger partial charge in [0.25, 0.3) is 45.4 Å². The molecule has 8 aromatic carbocycles. The monoisotopic (exact) mass is 1320 g/mol. The Labute approximate surface area is 545 Å². The van der Waals surface area contributed by atoms with Crippen molar-refractivity contribution in [2.75, 3.05) is 6.61 Å².